The summed E-state index contributed by atoms with van der Waals surface area (Å²) in [5.41, 5.74) is 0.617. The van der Waals surface area contributed by atoms with Crippen molar-refractivity contribution in [3.05, 3.63) is 33.3 Å². The van der Waals surface area contributed by atoms with Gasteiger partial charge < -0.3 is 10.2 Å². The molecule has 1 saturated heterocycles. The van der Waals surface area contributed by atoms with Crippen LogP contribution in [-0.4, -0.2) is 31.1 Å². The van der Waals surface area contributed by atoms with Crippen LogP contribution in [0.3, 0.4) is 0 Å². The van der Waals surface area contributed by atoms with E-state index in [2.05, 4.69) is 5.32 Å². The summed E-state index contributed by atoms with van der Waals surface area (Å²) in [5, 5.41) is 14.4. The van der Waals surface area contributed by atoms with Crippen molar-refractivity contribution >= 4 is 23.0 Å². The lowest BCUT2D eigenvalue weighted by atomic mass is 10.2. The van der Waals surface area contributed by atoms with E-state index in [4.69, 9.17) is 11.6 Å². The highest BCUT2D eigenvalue weighted by Gasteiger charge is 2.28. The summed E-state index contributed by atoms with van der Waals surface area (Å²) in [7, 11) is 1.90. The average molecular weight is 256 g/mol. The van der Waals surface area contributed by atoms with Crippen molar-refractivity contribution in [1.29, 1.82) is 0 Å². The quantitative estimate of drug-likeness (QED) is 0.663. The summed E-state index contributed by atoms with van der Waals surface area (Å²) in [5.74, 6) is 0. The van der Waals surface area contributed by atoms with Gasteiger partial charge in [0.05, 0.1) is 4.92 Å². The number of nitrogens with zero attached hydrogens (tertiary/aromatic N) is 2. The fourth-order valence-electron chi connectivity index (χ4n) is 2.15. The zero-order chi connectivity index (χ0) is 12.4. The number of hydrogen-bond acceptors (Lipinski definition) is 4. The summed E-state index contributed by atoms with van der Waals surface area (Å²) in [6.45, 7) is 1.59. The van der Waals surface area contributed by atoms with Crippen molar-refractivity contribution in [2.24, 2.45) is 0 Å². The molecular formula is C11H14ClN3O2. The third-order valence-corrected chi connectivity index (χ3v) is 3.39. The van der Waals surface area contributed by atoms with Crippen LogP contribution in [0.2, 0.25) is 5.02 Å². The van der Waals surface area contributed by atoms with Crippen molar-refractivity contribution in [1.82, 2.24) is 5.32 Å². The summed E-state index contributed by atoms with van der Waals surface area (Å²) in [6.07, 6.45) is 0.986. The molecule has 92 valence electrons. The normalized spacial score (nSPS) is 19.6. The van der Waals surface area contributed by atoms with Crippen molar-refractivity contribution in [3.8, 4) is 0 Å². The number of nitro groups is 1. The van der Waals surface area contributed by atoms with E-state index in [1.54, 1.807) is 18.2 Å². The predicted molar refractivity (Wildman–Crippen MR) is 67.8 cm³/mol. The minimum absolute atomic E-state index is 0.00548. The molecule has 5 nitrogen and oxygen atoms in total. The van der Waals surface area contributed by atoms with E-state index in [1.807, 2.05) is 11.9 Å². The molecule has 1 aliphatic rings. The molecule has 1 fully saturated rings. The molecule has 1 unspecified atom stereocenters. The van der Waals surface area contributed by atoms with Gasteiger partial charge in [0.1, 0.15) is 10.7 Å². The number of halogens is 1. The number of hydrogen-bond donors (Lipinski definition) is 1. The molecule has 0 spiro atoms. The highest BCUT2D eigenvalue weighted by atomic mass is 35.5. The monoisotopic (exact) mass is 255 g/mol. The van der Waals surface area contributed by atoms with Crippen molar-refractivity contribution in [2.75, 3.05) is 25.0 Å². The SMILES string of the molecule is CNC1CCN(c2cccc(Cl)c2[N+](=O)[O-])C1. The molecule has 6 heteroatoms. The first kappa shape index (κ1) is 12.1. The first-order chi connectivity index (χ1) is 8.13. The molecule has 1 atom stereocenters. The molecule has 1 heterocycles. The van der Waals surface area contributed by atoms with Gasteiger partial charge in [0, 0.05) is 19.1 Å². The molecule has 1 aliphatic heterocycles. The van der Waals surface area contributed by atoms with Gasteiger partial charge in [-0.1, -0.05) is 17.7 Å². The highest BCUT2D eigenvalue weighted by molar-refractivity contribution is 6.33. The predicted octanol–water partition coefficient (Wildman–Crippen LogP) is 2.05. The smallest absolute Gasteiger partial charge is 0.310 e. The van der Waals surface area contributed by atoms with E-state index in [0.717, 1.165) is 19.5 Å². The standard InChI is InChI=1S/C11H14ClN3O2/c1-13-8-5-6-14(7-8)10-4-2-3-9(12)11(10)15(16)17/h2-4,8,13H,5-7H2,1H3. The van der Waals surface area contributed by atoms with Crippen LogP contribution in [0.1, 0.15) is 6.42 Å². The lowest BCUT2D eigenvalue weighted by Gasteiger charge is -2.18. The van der Waals surface area contributed by atoms with Crippen molar-refractivity contribution < 1.29 is 4.92 Å². The van der Waals surface area contributed by atoms with Crippen LogP contribution in [0.25, 0.3) is 0 Å². The lowest BCUT2D eigenvalue weighted by Crippen LogP contribution is -2.29. The van der Waals surface area contributed by atoms with Crippen LogP contribution in [0.5, 0.6) is 0 Å². The van der Waals surface area contributed by atoms with Crippen LogP contribution in [0, 0.1) is 10.1 Å². The Labute approximate surface area is 105 Å². The second kappa shape index (κ2) is 4.89. The Hall–Kier alpha value is -1.33. The van der Waals surface area contributed by atoms with E-state index in [0.29, 0.717) is 11.7 Å². The van der Waals surface area contributed by atoms with Gasteiger partial charge in [-0.05, 0) is 25.6 Å². The fourth-order valence-corrected chi connectivity index (χ4v) is 2.39. The number of para-hydroxylation sites is 1. The molecule has 0 amide bonds. The lowest BCUT2D eigenvalue weighted by molar-refractivity contribution is -0.384. The van der Waals surface area contributed by atoms with E-state index < -0.39 is 4.92 Å². The van der Waals surface area contributed by atoms with Gasteiger partial charge in [-0.2, -0.15) is 0 Å². The van der Waals surface area contributed by atoms with Gasteiger partial charge in [-0.25, -0.2) is 0 Å². The molecule has 0 bridgehead atoms. The van der Waals surface area contributed by atoms with Crippen LogP contribution >= 0.6 is 11.6 Å². The van der Waals surface area contributed by atoms with Gasteiger partial charge in [0.2, 0.25) is 0 Å². The summed E-state index contributed by atoms with van der Waals surface area (Å²) in [6, 6.07) is 5.43. The van der Waals surface area contributed by atoms with Gasteiger partial charge in [-0.15, -0.1) is 0 Å². The number of nitro benzene ring substituents is 1. The van der Waals surface area contributed by atoms with Crippen molar-refractivity contribution in [2.45, 2.75) is 12.5 Å². The van der Waals surface area contributed by atoms with Crippen LogP contribution in [-0.2, 0) is 0 Å². The van der Waals surface area contributed by atoms with Crippen LogP contribution < -0.4 is 10.2 Å². The molecular weight excluding hydrogens is 242 g/mol. The molecule has 2 rings (SSSR count). The third-order valence-electron chi connectivity index (χ3n) is 3.09. The minimum atomic E-state index is -0.412. The molecule has 1 N–H and O–H groups in total. The summed E-state index contributed by atoms with van der Waals surface area (Å²) < 4.78 is 0. The Morgan fingerprint density at radius 3 is 2.94 bits per heavy atom. The Kier molecular flexibility index (Phi) is 3.49. The van der Waals surface area contributed by atoms with Crippen molar-refractivity contribution in [3.63, 3.8) is 0 Å². The molecule has 1 aromatic rings. The highest BCUT2D eigenvalue weighted by Crippen LogP contribution is 2.36. The van der Waals surface area contributed by atoms with Gasteiger partial charge in [0.15, 0.2) is 0 Å². The molecule has 0 aliphatic carbocycles. The second-order valence-corrected chi connectivity index (χ2v) is 4.49. The number of rotatable bonds is 3. The summed E-state index contributed by atoms with van der Waals surface area (Å²) in [4.78, 5) is 12.6. The van der Waals surface area contributed by atoms with E-state index in [9.17, 15) is 10.1 Å². The zero-order valence-electron chi connectivity index (χ0n) is 9.52. The first-order valence-corrected chi connectivity index (χ1v) is 5.86. The number of likely N-dealkylation sites (N-methyl/N-ethyl adjacent to an activating group) is 1. The average Bonchev–Trinajstić information content (AvgIpc) is 2.76. The largest absolute Gasteiger partial charge is 0.364 e. The maximum Gasteiger partial charge on any atom is 0.310 e. The Balaban J connectivity index is 2.33. The molecule has 0 aromatic heterocycles. The van der Waals surface area contributed by atoms with E-state index in [-0.39, 0.29) is 10.7 Å². The van der Waals surface area contributed by atoms with Gasteiger partial charge in [0.25, 0.3) is 0 Å². The summed E-state index contributed by atoms with van der Waals surface area (Å²) >= 11 is 5.89. The molecule has 0 radical (unpaired) electrons. The Morgan fingerprint density at radius 2 is 2.35 bits per heavy atom. The number of anilines is 1. The van der Waals surface area contributed by atoms with Crippen LogP contribution in [0.15, 0.2) is 18.2 Å². The topological polar surface area (TPSA) is 58.4 Å². The Morgan fingerprint density at radius 1 is 1.59 bits per heavy atom. The fraction of sp³-hybridized carbons (Fsp3) is 0.455. The van der Waals surface area contributed by atoms with Crippen LogP contribution in [0.4, 0.5) is 11.4 Å². The Bertz CT molecular complexity index is 439. The molecule has 17 heavy (non-hydrogen) atoms. The minimum Gasteiger partial charge on any atom is -0.364 e. The van der Waals surface area contributed by atoms with Gasteiger partial charge in [-0.3, -0.25) is 10.1 Å². The maximum atomic E-state index is 11.0. The molecule has 1 aromatic carbocycles. The zero-order valence-corrected chi connectivity index (χ0v) is 10.3. The van der Waals surface area contributed by atoms with E-state index in [1.165, 1.54) is 0 Å². The number of benzene rings is 1. The first-order valence-electron chi connectivity index (χ1n) is 5.48. The second-order valence-electron chi connectivity index (χ2n) is 4.08. The number of nitrogens with one attached hydrogen (secondary N) is 1. The molecule has 0 saturated carbocycles. The maximum absolute atomic E-state index is 11.0. The third kappa shape index (κ3) is 2.35. The van der Waals surface area contributed by atoms with E-state index >= 15 is 0 Å². The van der Waals surface area contributed by atoms with Gasteiger partial charge >= 0.3 is 5.69 Å².